The Bertz CT molecular complexity index is 291. The minimum Gasteiger partial charge on any atom is -0.496 e. The Kier molecular flexibility index (Phi) is 3.54. The number of rotatable bonds is 3. The van der Waals surface area contributed by atoms with Crippen molar-refractivity contribution < 1.29 is 9.84 Å². The molecule has 0 fully saturated rings. The van der Waals surface area contributed by atoms with Crippen LogP contribution in [-0.2, 0) is 0 Å². The summed E-state index contributed by atoms with van der Waals surface area (Å²) in [5, 5.41) is 10.1. The van der Waals surface area contributed by atoms with Crippen LogP contribution >= 0.6 is 11.6 Å². The summed E-state index contributed by atoms with van der Waals surface area (Å²) in [7, 11) is 1.54. The maximum atomic E-state index is 9.50. The second kappa shape index (κ2) is 4.46. The number of benzene rings is 1. The van der Waals surface area contributed by atoms with Gasteiger partial charge in [-0.05, 0) is 18.2 Å². The quantitative estimate of drug-likeness (QED) is 0.776. The van der Waals surface area contributed by atoms with Crippen LogP contribution in [0.15, 0.2) is 18.2 Å². The second-order valence-corrected chi connectivity index (χ2v) is 3.07. The van der Waals surface area contributed by atoms with E-state index in [4.69, 9.17) is 22.1 Å². The Morgan fingerprint density at radius 3 is 2.85 bits per heavy atom. The van der Waals surface area contributed by atoms with Gasteiger partial charge in [-0.3, -0.25) is 0 Å². The van der Waals surface area contributed by atoms with Gasteiger partial charge in [0.15, 0.2) is 0 Å². The van der Waals surface area contributed by atoms with Crippen LogP contribution in [0.4, 0.5) is 0 Å². The van der Waals surface area contributed by atoms with Crippen LogP contribution in [0.1, 0.15) is 11.7 Å². The Hall–Kier alpha value is -0.770. The standard InChI is InChI=1S/C9H12ClNO2/c1-13-9-3-2-6(10)4-7(9)8(12)5-11/h2-4,8,12H,5,11H2,1H3/t8-/m1/s1. The zero-order valence-corrected chi connectivity index (χ0v) is 8.08. The van der Waals surface area contributed by atoms with Crippen molar-refractivity contribution in [3.63, 3.8) is 0 Å². The third-order valence-electron chi connectivity index (χ3n) is 1.77. The molecule has 1 rings (SSSR count). The summed E-state index contributed by atoms with van der Waals surface area (Å²) in [5.41, 5.74) is 5.95. The van der Waals surface area contributed by atoms with Crippen molar-refractivity contribution in [2.45, 2.75) is 6.10 Å². The average molecular weight is 202 g/mol. The number of hydrogen-bond acceptors (Lipinski definition) is 3. The van der Waals surface area contributed by atoms with Gasteiger partial charge in [0.25, 0.3) is 0 Å². The van der Waals surface area contributed by atoms with Crippen molar-refractivity contribution in [1.82, 2.24) is 0 Å². The van der Waals surface area contributed by atoms with E-state index in [0.717, 1.165) is 0 Å². The predicted molar refractivity (Wildman–Crippen MR) is 52.0 cm³/mol. The van der Waals surface area contributed by atoms with Crippen LogP contribution < -0.4 is 10.5 Å². The summed E-state index contributed by atoms with van der Waals surface area (Å²) in [4.78, 5) is 0. The number of aliphatic hydroxyl groups excluding tert-OH is 1. The first-order valence-corrected chi connectivity index (χ1v) is 4.28. The fourth-order valence-electron chi connectivity index (χ4n) is 1.09. The zero-order chi connectivity index (χ0) is 9.84. The topological polar surface area (TPSA) is 55.5 Å². The molecule has 1 aromatic rings. The fourth-order valence-corrected chi connectivity index (χ4v) is 1.27. The number of methoxy groups -OCH3 is 1. The van der Waals surface area contributed by atoms with Crippen LogP contribution in [0.5, 0.6) is 5.75 Å². The van der Waals surface area contributed by atoms with Gasteiger partial charge in [0.05, 0.1) is 13.2 Å². The average Bonchev–Trinajstić information content (AvgIpc) is 2.16. The lowest BCUT2D eigenvalue weighted by Gasteiger charge is -2.12. The number of aliphatic hydroxyl groups is 1. The summed E-state index contributed by atoms with van der Waals surface area (Å²) >= 11 is 5.77. The molecule has 13 heavy (non-hydrogen) atoms. The molecular weight excluding hydrogens is 190 g/mol. The molecule has 72 valence electrons. The molecule has 1 aromatic carbocycles. The van der Waals surface area contributed by atoms with Crippen LogP contribution in [0.25, 0.3) is 0 Å². The molecule has 0 amide bonds. The lowest BCUT2D eigenvalue weighted by atomic mass is 10.1. The highest BCUT2D eigenvalue weighted by molar-refractivity contribution is 6.30. The molecule has 0 heterocycles. The molecule has 0 aliphatic carbocycles. The molecule has 0 saturated heterocycles. The highest BCUT2D eigenvalue weighted by atomic mass is 35.5. The third-order valence-corrected chi connectivity index (χ3v) is 2.01. The fraction of sp³-hybridized carbons (Fsp3) is 0.333. The molecule has 0 aromatic heterocycles. The molecule has 0 unspecified atom stereocenters. The molecule has 0 bridgehead atoms. The second-order valence-electron chi connectivity index (χ2n) is 2.64. The summed E-state index contributed by atoms with van der Waals surface area (Å²) in [6.45, 7) is 0.150. The Morgan fingerprint density at radius 1 is 1.62 bits per heavy atom. The minimum atomic E-state index is -0.728. The smallest absolute Gasteiger partial charge is 0.124 e. The largest absolute Gasteiger partial charge is 0.496 e. The van der Waals surface area contributed by atoms with Crippen LogP contribution in [0, 0.1) is 0 Å². The molecular formula is C9H12ClNO2. The monoisotopic (exact) mass is 201 g/mol. The SMILES string of the molecule is COc1ccc(Cl)cc1[C@H](O)CN. The van der Waals surface area contributed by atoms with Gasteiger partial charge in [0, 0.05) is 17.1 Å². The van der Waals surface area contributed by atoms with E-state index < -0.39 is 6.10 Å². The normalized spacial score (nSPS) is 12.6. The van der Waals surface area contributed by atoms with Gasteiger partial charge in [0.2, 0.25) is 0 Å². The van der Waals surface area contributed by atoms with Crippen LogP contribution in [0.3, 0.4) is 0 Å². The van der Waals surface area contributed by atoms with Crippen LogP contribution in [0.2, 0.25) is 5.02 Å². The molecule has 0 aliphatic rings. The highest BCUT2D eigenvalue weighted by Gasteiger charge is 2.11. The minimum absolute atomic E-state index is 0.150. The Labute approximate surface area is 82.1 Å². The van der Waals surface area contributed by atoms with Crippen molar-refractivity contribution in [1.29, 1.82) is 0 Å². The van der Waals surface area contributed by atoms with Gasteiger partial charge in [-0.2, -0.15) is 0 Å². The molecule has 3 nitrogen and oxygen atoms in total. The van der Waals surface area contributed by atoms with E-state index in [2.05, 4.69) is 0 Å². The summed E-state index contributed by atoms with van der Waals surface area (Å²) in [5.74, 6) is 0.599. The summed E-state index contributed by atoms with van der Waals surface area (Å²) in [6, 6.07) is 5.06. The number of hydrogen-bond donors (Lipinski definition) is 2. The van der Waals surface area contributed by atoms with Gasteiger partial charge in [-0.15, -0.1) is 0 Å². The molecule has 4 heteroatoms. The number of nitrogens with two attached hydrogens (primary N) is 1. The predicted octanol–water partition coefficient (Wildman–Crippen LogP) is 1.34. The van der Waals surface area contributed by atoms with Crippen molar-refractivity contribution in [3.8, 4) is 5.75 Å². The molecule has 0 saturated carbocycles. The van der Waals surface area contributed by atoms with E-state index in [0.29, 0.717) is 16.3 Å². The highest BCUT2D eigenvalue weighted by Crippen LogP contribution is 2.27. The molecule has 0 radical (unpaired) electrons. The molecule has 0 aliphatic heterocycles. The van der Waals surface area contributed by atoms with E-state index in [1.165, 1.54) is 7.11 Å². The number of ether oxygens (including phenoxy) is 1. The Morgan fingerprint density at radius 2 is 2.31 bits per heavy atom. The van der Waals surface area contributed by atoms with Gasteiger partial charge in [0.1, 0.15) is 5.75 Å². The van der Waals surface area contributed by atoms with Crippen molar-refractivity contribution in [2.75, 3.05) is 13.7 Å². The van der Waals surface area contributed by atoms with E-state index in [-0.39, 0.29) is 6.54 Å². The zero-order valence-electron chi connectivity index (χ0n) is 7.33. The number of halogens is 1. The first-order valence-electron chi connectivity index (χ1n) is 3.90. The molecule has 0 spiro atoms. The van der Waals surface area contributed by atoms with E-state index >= 15 is 0 Å². The van der Waals surface area contributed by atoms with E-state index in [1.54, 1.807) is 18.2 Å². The van der Waals surface area contributed by atoms with Crippen molar-refractivity contribution in [2.24, 2.45) is 5.73 Å². The van der Waals surface area contributed by atoms with Crippen molar-refractivity contribution >= 4 is 11.6 Å². The summed E-state index contributed by atoms with van der Waals surface area (Å²) < 4.78 is 5.05. The van der Waals surface area contributed by atoms with Gasteiger partial charge in [-0.25, -0.2) is 0 Å². The molecule has 3 N–H and O–H groups in total. The maximum Gasteiger partial charge on any atom is 0.124 e. The lowest BCUT2D eigenvalue weighted by Crippen LogP contribution is -2.12. The lowest BCUT2D eigenvalue weighted by molar-refractivity contribution is 0.182. The maximum absolute atomic E-state index is 9.50. The van der Waals surface area contributed by atoms with Gasteiger partial charge in [-0.1, -0.05) is 11.6 Å². The third kappa shape index (κ3) is 2.34. The van der Waals surface area contributed by atoms with Crippen molar-refractivity contribution in [3.05, 3.63) is 28.8 Å². The first kappa shape index (κ1) is 10.3. The van der Waals surface area contributed by atoms with E-state index in [1.807, 2.05) is 0 Å². The van der Waals surface area contributed by atoms with Gasteiger partial charge < -0.3 is 15.6 Å². The van der Waals surface area contributed by atoms with Gasteiger partial charge >= 0.3 is 0 Å². The summed E-state index contributed by atoms with van der Waals surface area (Å²) in [6.07, 6.45) is -0.728. The van der Waals surface area contributed by atoms with Crippen LogP contribution in [-0.4, -0.2) is 18.8 Å². The molecule has 1 atom stereocenters. The first-order chi connectivity index (χ1) is 6.19. The van der Waals surface area contributed by atoms with E-state index in [9.17, 15) is 5.11 Å². The Balaban J connectivity index is 3.07.